The zero-order chi connectivity index (χ0) is 17.3. The van der Waals surface area contributed by atoms with E-state index in [4.69, 9.17) is 9.47 Å². The summed E-state index contributed by atoms with van der Waals surface area (Å²) in [6, 6.07) is 3.00. The molecule has 0 aliphatic carbocycles. The summed E-state index contributed by atoms with van der Waals surface area (Å²) in [6.45, 7) is 4.54. The second-order valence-corrected chi connectivity index (χ2v) is 8.70. The molecule has 0 spiro atoms. The normalized spacial score (nSPS) is 26.0. The number of amides is 1. The van der Waals surface area contributed by atoms with Crippen LogP contribution in [0.4, 0.5) is 0 Å². The third-order valence-corrected chi connectivity index (χ3v) is 6.48. The molecule has 0 unspecified atom stereocenters. The van der Waals surface area contributed by atoms with Crippen LogP contribution < -0.4 is 4.74 Å². The SMILES string of the molecule is CC(C)Oc1ncccc1C(=O)N1CCS(=O)(=O)[C@@H]2COCC[C@@H]21. The van der Waals surface area contributed by atoms with E-state index in [1.54, 1.807) is 23.2 Å². The summed E-state index contributed by atoms with van der Waals surface area (Å²) in [6.07, 6.45) is 1.99. The van der Waals surface area contributed by atoms with Crippen molar-refractivity contribution in [3.8, 4) is 5.88 Å². The van der Waals surface area contributed by atoms with E-state index in [0.29, 0.717) is 18.6 Å². The number of sulfone groups is 1. The average Bonchev–Trinajstić information content (AvgIpc) is 2.54. The fourth-order valence-electron chi connectivity index (χ4n) is 3.22. The molecular formula is C16H22N2O5S. The van der Waals surface area contributed by atoms with Crippen LogP contribution >= 0.6 is 0 Å². The highest BCUT2D eigenvalue weighted by atomic mass is 32.2. The Kier molecular flexibility index (Phi) is 4.78. The van der Waals surface area contributed by atoms with Crippen LogP contribution in [0, 0.1) is 0 Å². The maximum Gasteiger partial charge on any atom is 0.259 e. The second kappa shape index (κ2) is 6.68. The molecular weight excluding hydrogens is 332 g/mol. The molecule has 24 heavy (non-hydrogen) atoms. The number of carbonyl (C=O) groups is 1. The first-order valence-electron chi connectivity index (χ1n) is 8.12. The van der Waals surface area contributed by atoms with Crippen LogP contribution in [0.15, 0.2) is 18.3 Å². The molecule has 1 aromatic rings. The van der Waals surface area contributed by atoms with Crippen molar-refractivity contribution in [3.63, 3.8) is 0 Å². The molecule has 8 heteroatoms. The molecule has 132 valence electrons. The Morgan fingerprint density at radius 2 is 2.25 bits per heavy atom. The Morgan fingerprint density at radius 1 is 1.46 bits per heavy atom. The van der Waals surface area contributed by atoms with Crippen LogP contribution in [0.2, 0.25) is 0 Å². The average molecular weight is 354 g/mol. The number of nitrogens with zero attached hydrogens (tertiary/aromatic N) is 2. The van der Waals surface area contributed by atoms with E-state index in [9.17, 15) is 13.2 Å². The minimum atomic E-state index is -3.23. The Bertz CT molecular complexity index is 719. The summed E-state index contributed by atoms with van der Waals surface area (Å²) in [5.41, 5.74) is 0.371. The summed E-state index contributed by atoms with van der Waals surface area (Å²) in [4.78, 5) is 18.8. The Morgan fingerprint density at radius 3 is 3.00 bits per heavy atom. The lowest BCUT2D eigenvalue weighted by atomic mass is 10.0. The van der Waals surface area contributed by atoms with E-state index < -0.39 is 15.1 Å². The van der Waals surface area contributed by atoms with Gasteiger partial charge in [0, 0.05) is 19.3 Å². The van der Waals surface area contributed by atoms with Crippen molar-refractivity contribution in [2.45, 2.75) is 37.7 Å². The van der Waals surface area contributed by atoms with Gasteiger partial charge in [-0.15, -0.1) is 0 Å². The van der Waals surface area contributed by atoms with Crippen LogP contribution in [0.3, 0.4) is 0 Å². The molecule has 2 fully saturated rings. The van der Waals surface area contributed by atoms with Crippen LogP contribution in [-0.4, -0.2) is 67.1 Å². The van der Waals surface area contributed by atoms with Crippen molar-refractivity contribution in [3.05, 3.63) is 23.9 Å². The van der Waals surface area contributed by atoms with Gasteiger partial charge in [0.05, 0.1) is 24.5 Å². The van der Waals surface area contributed by atoms with Crippen LogP contribution in [-0.2, 0) is 14.6 Å². The first-order valence-corrected chi connectivity index (χ1v) is 9.83. The van der Waals surface area contributed by atoms with Gasteiger partial charge in [0.25, 0.3) is 5.91 Å². The van der Waals surface area contributed by atoms with E-state index in [1.165, 1.54) is 0 Å². The molecule has 2 aliphatic rings. The molecule has 0 radical (unpaired) electrons. The minimum absolute atomic E-state index is 0.0378. The fraction of sp³-hybridized carbons (Fsp3) is 0.625. The maximum atomic E-state index is 13.0. The molecule has 1 aromatic heterocycles. The predicted octanol–water partition coefficient (Wildman–Crippen LogP) is 0.897. The first-order chi connectivity index (χ1) is 11.4. The lowest BCUT2D eigenvalue weighted by Gasteiger charge is -2.43. The van der Waals surface area contributed by atoms with Crippen molar-refractivity contribution >= 4 is 15.7 Å². The number of rotatable bonds is 3. The monoisotopic (exact) mass is 354 g/mol. The standard InChI is InChI=1S/C16H22N2O5S/c1-11(2)23-15-12(4-3-6-17-15)16(19)18-7-9-24(20,21)14-10-22-8-5-13(14)18/h3-4,6,11,13-14H,5,7-10H2,1-2H3/t13-,14+/m0/s1. The van der Waals surface area contributed by atoms with Gasteiger partial charge < -0.3 is 14.4 Å². The quantitative estimate of drug-likeness (QED) is 0.802. The molecule has 3 heterocycles. The predicted molar refractivity (Wildman–Crippen MR) is 87.8 cm³/mol. The smallest absolute Gasteiger partial charge is 0.259 e. The van der Waals surface area contributed by atoms with Gasteiger partial charge in [-0.1, -0.05) is 0 Å². The number of carbonyl (C=O) groups excluding carboxylic acids is 1. The minimum Gasteiger partial charge on any atom is -0.474 e. The van der Waals surface area contributed by atoms with Crippen LogP contribution in [0.1, 0.15) is 30.6 Å². The van der Waals surface area contributed by atoms with E-state index in [2.05, 4.69) is 4.98 Å². The van der Waals surface area contributed by atoms with Crippen molar-refractivity contribution < 1.29 is 22.7 Å². The Hall–Kier alpha value is -1.67. The van der Waals surface area contributed by atoms with Gasteiger partial charge in [-0.3, -0.25) is 4.79 Å². The molecule has 1 amide bonds. The third-order valence-electron chi connectivity index (χ3n) is 4.36. The molecule has 3 rings (SSSR count). The Labute approximate surface area is 141 Å². The van der Waals surface area contributed by atoms with E-state index in [-0.39, 0.29) is 42.8 Å². The van der Waals surface area contributed by atoms with Crippen molar-refractivity contribution in [2.75, 3.05) is 25.5 Å². The topological polar surface area (TPSA) is 85.8 Å². The molecule has 0 saturated carbocycles. The largest absolute Gasteiger partial charge is 0.474 e. The van der Waals surface area contributed by atoms with Crippen molar-refractivity contribution in [1.29, 1.82) is 0 Å². The van der Waals surface area contributed by atoms with Gasteiger partial charge in [0.1, 0.15) is 10.8 Å². The molecule has 2 aliphatic heterocycles. The number of ether oxygens (including phenoxy) is 2. The summed E-state index contributed by atoms with van der Waals surface area (Å²) in [5, 5.41) is -0.643. The second-order valence-electron chi connectivity index (χ2n) is 6.36. The molecule has 0 N–H and O–H groups in total. The number of fused-ring (bicyclic) bond motifs is 1. The van der Waals surface area contributed by atoms with Crippen molar-refractivity contribution in [1.82, 2.24) is 9.88 Å². The summed E-state index contributed by atoms with van der Waals surface area (Å²) >= 11 is 0. The zero-order valence-electron chi connectivity index (χ0n) is 13.8. The highest BCUT2D eigenvalue weighted by Crippen LogP contribution is 2.29. The van der Waals surface area contributed by atoms with Gasteiger partial charge in [-0.05, 0) is 32.4 Å². The van der Waals surface area contributed by atoms with E-state index >= 15 is 0 Å². The van der Waals surface area contributed by atoms with Gasteiger partial charge >= 0.3 is 0 Å². The van der Waals surface area contributed by atoms with Crippen LogP contribution in [0.5, 0.6) is 5.88 Å². The summed E-state index contributed by atoms with van der Waals surface area (Å²) in [5.74, 6) is 0.0178. The van der Waals surface area contributed by atoms with Gasteiger partial charge in [-0.25, -0.2) is 13.4 Å². The zero-order valence-corrected chi connectivity index (χ0v) is 14.7. The van der Waals surface area contributed by atoms with Gasteiger partial charge in [-0.2, -0.15) is 0 Å². The highest BCUT2D eigenvalue weighted by molar-refractivity contribution is 7.92. The van der Waals surface area contributed by atoms with Crippen molar-refractivity contribution in [2.24, 2.45) is 0 Å². The number of hydrogen-bond donors (Lipinski definition) is 0. The fourth-order valence-corrected chi connectivity index (χ4v) is 5.04. The van der Waals surface area contributed by atoms with Gasteiger partial charge in [0.15, 0.2) is 9.84 Å². The third kappa shape index (κ3) is 3.25. The number of pyridine rings is 1. The molecule has 2 atom stereocenters. The summed E-state index contributed by atoms with van der Waals surface area (Å²) in [7, 11) is -3.23. The van der Waals surface area contributed by atoms with Gasteiger partial charge in [0.2, 0.25) is 5.88 Å². The molecule has 0 bridgehead atoms. The molecule has 7 nitrogen and oxygen atoms in total. The first kappa shape index (κ1) is 17.2. The highest BCUT2D eigenvalue weighted by Gasteiger charge is 2.45. The summed E-state index contributed by atoms with van der Waals surface area (Å²) < 4.78 is 35.5. The lowest BCUT2D eigenvalue weighted by Crippen LogP contribution is -2.60. The number of hydrogen-bond acceptors (Lipinski definition) is 6. The molecule has 2 saturated heterocycles. The molecule has 0 aromatic carbocycles. The van der Waals surface area contributed by atoms with E-state index in [0.717, 1.165) is 0 Å². The maximum absolute atomic E-state index is 13.0. The Balaban J connectivity index is 1.90. The lowest BCUT2D eigenvalue weighted by molar-refractivity contribution is 0.0291. The van der Waals surface area contributed by atoms with Crippen LogP contribution in [0.25, 0.3) is 0 Å². The number of aromatic nitrogens is 1. The van der Waals surface area contributed by atoms with E-state index in [1.807, 2.05) is 13.8 Å².